The predicted octanol–water partition coefficient (Wildman–Crippen LogP) is 5.60. The van der Waals surface area contributed by atoms with Crippen molar-refractivity contribution in [3.63, 3.8) is 0 Å². The number of ether oxygens (including phenoxy) is 1. The number of hydrogen-bond acceptors (Lipinski definition) is 1. The van der Waals surface area contributed by atoms with Crippen LogP contribution in [-0.4, -0.2) is 7.11 Å². The normalized spacial score (nSPS) is 11.4. The highest BCUT2D eigenvalue weighted by atomic mass is 35.5. The fourth-order valence-electron chi connectivity index (χ4n) is 2.36. The van der Waals surface area contributed by atoms with E-state index < -0.39 is 0 Å². The van der Waals surface area contributed by atoms with Gasteiger partial charge in [0.25, 0.3) is 0 Å². The van der Waals surface area contributed by atoms with E-state index in [1.807, 2.05) is 18.2 Å². The molecule has 0 amide bonds. The van der Waals surface area contributed by atoms with E-state index in [1.54, 1.807) is 7.11 Å². The van der Waals surface area contributed by atoms with Crippen molar-refractivity contribution in [2.75, 3.05) is 7.11 Å². The molecule has 0 fully saturated rings. The Labute approximate surface area is 126 Å². The maximum absolute atomic E-state index is 6.02. The molecule has 2 aromatic carbocycles. The summed E-state index contributed by atoms with van der Waals surface area (Å²) in [4.78, 5) is 0. The lowest BCUT2D eigenvalue weighted by molar-refractivity contribution is 0.411. The van der Waals surface area contributed by atoms with Gasteiger partial charge in [-0.3, -0.25) is 0 Å². The van der Waals surface area contributed by atoms with Gasteiger partial charge in [-0.25, -0.2) is 0 Å². The minimum atomic E-state index is 0.280. The summed E-state index contributed by atoms with van der Waals surface area (Å²) in [6.45, 7) is 6.76. The molecule has 0 aliphatic rings. The highest BCUT2D eigenvalue weighted by molar-refractivity contribution is 6.30. The summed E-state index contributed by atoms with van der Waals surface area (Å²) in [7, 11) is 1.67. The van der Waals surface area contributed by atoms with Crippen LogP contribution in [0.4, 0.5) is 0 Å². The summed E-state index contributed by atoms with van der Waals surface area (Å²) < 4.78 is 5.44. The third kappa shape index (κ3) is 3.77. The molecule has 0 bridgehead atoms. The summed E-state index contributed by atoms with van der Waals surface area (Å²) in [6, 6.07) is 14.4. The van der Waals surface area contributed by atoms with E-state index in [9.17, 15) is 0 Å². The summed E-state index contributed by atoms with van der Waals surface area (Å²) >= 11 is 6.02. The second kappa shape index (κ2) is 5.88. The van der Waals surface area contributed by atoms with Crippen LogP contribution in [0.15, 0.2) is 42.5 Å². The van der Waals surface area contributed by atoms with Gasteiger partial charge in [-0.2, -0.15) is 0 Å². The van der Waals surface area contributed by atoms with Crippen LogP contribution in [0.5, 0.6) is 5.75 Å². The van der Waals surface area contributed by atoms with E-state index in [0.717, 1.165) is 17.7 Å². The van der Waals surface area contributed by atoms with Crippen molar-refractivity contribution in [1.29, 1.82) is 0 Å². The van der Waals surface area contributed by atoms with Gasteiger partial charge in [0, 0.05) is 10.6 Å². The van der Waals surface area contributed by atoms with Crippen molar-refractivity contribution in [2.45, 2.75) is 27.2 Å². The molecule has 0 spiro atoms. The number of hydrogen-bond donors (Lipinski definition) is 0. The fraction of sp³-hybridized carbons (Fsp3) is 0.333. The minimum absolute atomic E-state index is 0.280. The van der Waals surface area contributed by atoms with Crippen LogP contribution >= 0.6 is 11.6 Å². The maximum Gasteiger partial charge on any atom is 0.128 e. The lowest BCUT2D eigenvalue weighted by Crippen LogP contribution is -2.08. The summed E-state index contributed by atoms with van der Waals surface area (Å²) in [5, 5.41) is 0.691. The van der Waals surface area contributed by atoms with Crippen LogP contribution in [-0.2, 0) is 6.42 Å². The third-order valence-corrected chi connectivity index (χ3v) is 3.37. The Hall–Kier alpha value is -1.47. The molecule has 1 nitrogen and oxygen atoms in total. The second-order valence-electron chi connectivity index (χ2n) is 6.28. The molecule has 106 valence electrons. The number of methoxy groups -OCH3 is 1. The second-order valence-corrected chi connectivity index (χ2v) is 6.72. The molecular formula is C18H21ClO. The van der Waals surface area contributed by atoms with Crippen molar-refractivity contribution >= 4 is 11.6 Å². The monoisotopic (exact) mass is 288 g/mol. The first kappa shape index (κ1) is 14.9. The molecule has 0 radical (unpaired) electrons. The predicted molar refractivity (Wildman–Crippen MR) is 86.6 cm³/mol. The first-order valence-electron chi connectivity index (χ1n) is 6.82. The fourth-order valence-corrected chi connectivity index (χ4v) is 2.53. The van der Waals surface area contributed by atoms with Gasteiger partial charge >= 0.3 is 0 Å². The minimum Gasteiger partial charge on any atom is -0.496 e. The average molecular weight is 289 g/mol. The Morgan fingerprint density at radius 2 is 1.80 bits per heavy atom. The van der Waals surface area contributed by atoms with Crippen LogP contribution in [0.3, 0.4) is 0 Å². The van der Waals surface area contributed by atoms with Gasteiger partial charge < -0.3 is 4.74 Å². The van der Waals surface area contributed by atoms with Gasteiger partial charge in [-0.1, -0.05) is 56.6 Å². The first-order chi connectivity index (χ1) is 9.39. The van der Waals surface area contributed by atoms with Crippen LogP contribution < -0.4 is 4.74 Å². The van der Waals surface area contributed by atoms with Crippen LogP contribution in [0.25, 0.3) is 11.1 Å². The Morgan fingerprint density at radius 1 is 1.05 bits per heavy atom. The van der Waals surface area contributed by atoms with Crippen molar-refractivity contribution < 1.29 is 4.74 Å². The molecule has 0 saturated heterocycles. The highest BCUT2D eigenvalue weighted by Crippen LogP contribution is 2.33. The molecule has 2 aromatic rings. The van der Waals surface area contributed by atoms with Gasteiger partial charge in [0.15, 0.2) is 0 Å². The summed E-state index contributed by atoms with van der Waals surface area (Å²) in [6.07, 6.45) is 1.05. The van der Waals surface area contributed by atoms with Crippen LogP contribution in [0, 0.1) is 5.41 Å². The number of halogens is 1. The SMILES string of the molecule is COc1cc(Cl)ccc1-c1cccc(CC(C)(C)C)c1. The molecule has 0 heterocycles. The molecule has 2 heteroatoms. The maximum atomic E-state index is 6.02. The quantitative estimate of drug-likeness (QED) is 0.714. The Balaban J connectivity index is 2.41. The molecule has 0 N–H and O–H groups in total. The van der Waals surface area contributed by atoms with Crippen molar-refractivity contribution in [1.82, 2.24) is 0 Å². The zero-order chi connectivity index (χ0) is 14.8. The first-order valence-corrected chi connectivity index (χ1v) is 7.20. The smallest absolute Gasteiger partial charge is 0.128 e. The molecule has 0 atom stereocenters. The molecule has 0 aliphatic heterocycles. The molecule has 0 aliphatic carbocycles. The Kier molecular flexibility index (Phi) is 4.39. The molecule has 0 saturated carbocycles. The topological polar surface area (TPSA) is 9.23 Å². The Bertz CT molecular complexity index is 597. The van der Waals surface area contributed by atoms with Gasteiger partial charge in [0.05, 0.1) is 7.11 Å². The van der Waals surface area contributed by atoms with Crippen molar-refractivity contribution in [2.24, 2.45) is 5.41 Å². The highest BCUT2D eigenvalue weighted by Gasteiger charge is 2.13. The van der Waals surface area contributed by atoms with E-state index in [-0.39, 0.29) is 5.41 Å². The molecule has 0 unspecified atom stereocenters. The molecule has 20 heavy (non-hydrogen) atoms. The van der Waals surface area contributed by atoms with E-state index >= 15 is 0 Å². The largest absolute Gasteiger partial charge is 0.496 e. The molecule has 0 aromatic heterocycles. The van der Waals surface area contributed by atoms with Gasteiger partial charge in [0.2, 0.25) is 0 Å². The van der Waals surface area contributed by atoms with E-state index in [4.69, 9.17) is 16.3 Å². The molecule has 2 rings (SSSR count). The number of benzene rings is 2. The van der Waals surface area contributed by atoms with Crippen molar-refractivity contribution in [3.05, 3.63) is 53.1 Å². The van der Waals surface area contributed by atoms with E-state index in [0.29, 0.717) is 5.02 Å². The average Bonchev–Trinajstić information content (AvgIpc) is 2.36. The lowest BCUT2D eigenvalue weighted by atomic mass is 9.87. The summed E-state index contributed by atoms with van der Waals surface area (Å²) in [5.41, 5.74) is 3.86. The standard InChI is InChI=1S/C18H21ClO/c1-18(2,3)12-13-6-5-7-14(10-13)16-9-8-15(19)11-17(16)20-4/h5-11H,12H2,1-4H3. The number of rotatable bonds is 3. The van der Waals surface area contributed by atoms with Crippen LogP contribution in [0.1, 0.15) is 26.3 Å². The van der Waals surface area contributed by atoms with Gasteiger partial charge in [-0.05, 0) is 41.2 Å². The van der Waals surface area contributed by atoms with Crippen LogP contribution in [0.2, 0.25) is 5.02 Å². The zero-order valence-corrected chi connectivity index (χ0v) is 13.3. The lowest BCUT2D eigenvalue weighted by Gasteiger charge is -2.19. The molecular weight excluding hydrogens is 268 g/mol. The van der Waals surface area contributed by atoms with E-state index in [1.165, 1.54) is 11.1 Å². The van der Waals surface area contributed by atoms with Gasteiger partial charge in [-0.15, -0.1) is 0 Å². The zero-order valence-electron chi connectivity index (χ0n) is 12.5. The van der Waals surface area contributed by atoms with Gasteiger partial charge in [0.1, 0.15) is 5.75 Å². The third-order valence-electron chi connectivity index (χ3n) is 3.14. The van der Waals surface area contributed by atoms with Crippen molar-refractivity contribution in [3.8, 4) is 16.9 Å². The Morgan fingerprint density at radius 3 is 2.45 bits per heavy atom. The van der Waals surface area contributed by atoms with E-state index in [2.05, 4.69) is 45.0 Å². The summed E-state index contributed by atoms with van der Waals surface area (Å²) in [5.74, 6) is 0.811.